The van der Waals surface area contributed by atoms with Crippen molar-refractivity contribution in [1.82, 2.24) is 4.98 Å². The summed E-state index contributed by atoms with van der Waals surface area (Å²) in [4.78, 5) is 6.93. The molecule has 2 aliphatic heterocycles. The van der Waals surface area contributed by atoms with Gasteiger partial charge in [0.1, 0.15) is 5.82 Å². The maximum Gasteiger partial charge on any atom is 0.231 e. The highest BCUT2D eigenvalue weighted by atomic mass is 16.7. The molecule has 5 heteroatoms. The molecule has 0 bridgehead atoms. The second-order valence-corrected chi connectivity index (χ2v) is 6.25. The van der Waals surface area contributed by atoms with Crippen LogP contribution in [0.3, 0.4) is 0 Å². The number of fused-ring (bicyclic) bond motifs is 2. The van der Waals surface area contributed by atoms with E-state index < -0.39 is 0 Å². The molecule has 1 atom stereocenters. The molecule has 0 aliphatic carbocycles. The Balaban J connectivity index is 1.79. The van der Waals surface area contributed by atoms with Crippen molar-refractivity contribution in [3.05, 3.63) is 24.4 Å². The molecule has 5 nitrogen and oxygen atoms in total. The zero-order valence-electron chi connectivity index (χ0n) is 12.1. The lowest BCUT2D eigenvalue weighted by atomic mass is 9.90. The molecule has 1 saturated heterocycles. The first-order valence-corrected chi connectivity index (χ1v) is 7.32. The zero-order valence-corrected chi connectivity index (χ0v) is 12.1. The van der Waals surface area contributed by atoms with Gasteiger partial charge in [0, 0.05) is 24.7 Å². The number of pyridine rings is 1. The van der Waals surface area contributed by atoms with Crippen molar-refractivity contribution in [3.8, 4) is 11.5 Å². The van der Waals surface area contributed by atoms with Crippen molar-refractivity contribution in [2.45, 2.75) is 13.3 Å². The highest BCUT2D eigenvalue weighted by Crippen LogP contribution is 2.40. The standard InChI is InChI=1S/C16H19N3O2/c1-16(8-17)3-5-19(9-16)15-12-7-14-13(20-10-21-14)6-11(12)2-4-18-15/h2,4,6-7H,3,5,8-10,17H2,1H3. The Labute approximate surface area is 123 Å². The molecule has 3 heterocycles. The fourth-order valence-electron chi connectivity index (χ4n) is 3.17. The van der Waals surface area contributed by atoms with Crippen molar-refractivity contribution < 1.29 is 9.47 Å². The molecule has 1 aromatic heterocycles. The average molecular weight is 285 g/mol. The fourth-order valence-corrected chi connectivity index (χ4v) is 3.17. The molecule has 0 amide bonds. The number of hydrogen-bond acceptors (Lipinski definition) is 5. The van der Waals surface area contributed by atoms with Gasteiger partial charge in [-0.15, -0.1) is 0 Å². The second-order valence-electron chi connectivity index (χ2n) is 6.25. The van der Waals surface area contributed by atoms with Crippen molar-refractivity contribution in [3.63, 3.8) is 0 Å². The Hall–Kier alpha value is -2.01. The number of ether oxygens (including phenoxy) is 2. The summed E-state index contributed by atoms with van der Waals surface area (Å²) in [5, 5.41) is 2.24. The summed E-state index contributed by atoms with van der Waals surface area (Å²) in [5.41, 5.74) is 6.09. The SMILES string of the molecule is CC1(CN)CCN(c2nccc3cc4c(cc23)OCO4)C1. The predicted octanol–water partition coefficient (Wildman–Crippen LogP) is 2.14. The molecule has 21 heavy (non-hydrogen) atoms. The predicted molar refractivity (Wildman–Crippen MR) is 81.9 cm³/mol. The molecule has 2 aromatic rings. The monoisotopic (exact) mass is 285 g/mol. The lowest BCUT2D eigenvalue weighted by Crippen LogP contribution is -2.31. The largest absolute Gasteiger partial charge is 0.454 e. The highest BCUT2D eigenvalue weighted by Gasteiger charge is 2.33. The third kappa shape index (κ3) is 2.00. The number of nitrogens with two attached hydrogens (primary N) is 1. The quantitative estimate of drug-likeness (QED) is 0.916. The van der Waals surface area contributed by atoms with Gasteiger partial charge in [-0.25, -0.2) is 4.98 Å². The molecule has 110 valence electrons. The zero-order chi connectivity index (χ0) is 14.4. The smallest absolute Gasteiger partial charge is 0.231 e. The van der Waals surface area contributed by atoms with E-state index in [0.29, 0.717) is 13.3 Å². The Bertz CT molecular complexity index is 703. The van der Waals surface area contributed by atoms with Crippen molar-refractivity contribution in [2.24, 2.45) is 11.1 Å². The van der Waals surface area contributed by atoms with Crippen LogP contribution in [0.4, 0.5) is 5.82 Å². The molecule has 1 unspecified atom stereocenters. The van der Waals surface area contributed by atoms with Crippen LogP contribution in [0.25, 0.3) is 10.8 Å². The van der Waals surface area contributed by atoms with E-state index in [4.69, 9.17) is 15.2 Å². The summed E-state index contributed by atoms with van der Waals surface area (Å²) >= 11 is 0. The first kappa shape index (κ1) is 12.7. The van der Waals surface area contributed by atoms with Crippen LogP contribution in [0, 0.1) is 5.41 Å². The van der Waals surface area contributed by atoms with Gasteiger partial charge >= 0.3 is 0 Å². The van der Waals surface area contributed by atoms with Gasteiger partial charge in [-0.3, -0.25) is 0 Å². The van der Waals surface area contributed by atoms with Crippen LogP contribution in [0.15, 0.2) is 24.4 Å². The molecular formula is C16H19N3O2. The summed E-state index contributed by atoms with van der Waals surface area (Å²) in [6.07, 6.45) is 2.96. The maximum atomic E-state index is 5.91. The topological polar surface area (TPSA) is 60.6 Å². The van der Waals surface area contributed by atoms with E-state index in [1.807, 2.05) is 24.4 Å². The first-order valence-electron chi connectivity index (χ1n) is 7.32. The van der Waals surface area contributed by atoms with E-state index in [1.165, 1.54) is 0 Å². The molecule has 0 radical (unpaired) electrons. The van der Waals surface area contributed by atoms with Gasteiger partial charge in [-0.05, 0) is 42.0 Å². The summed E-state index contributed by atoms with van der Waals surface area (Å²) in [7, 11) is 0. The van der Waals surface area contributed by atoms with Gasteiger partial charge in [-0.2, -0.15) is 0 Å². The summed E-state index contributed by atoms with van der Waals surface area (Å²) in [5.74, 6) is 2.63. The van der Waals surface area contributed by atoms with Crippen molar-refractivity contribution >= 4 is 16.6 Å². The number of benzene rings is 1. The van der Waals surface area contributed by atoms with E-state index in [2.05, 4.69) is 16.8 Å². The van der Waals surface area contributed by atoms with Crippen LogP contribution < -0.4 is 20.1 Å². The Morgan fingerprint density at radius 1 is 1.33 bits per heavy atom. The number of rotatable bonds is 2. The second kappa shape index (κ2) is 4.49. The normalized spacial score (nSPS) is 24.0. The van der Waals surface area contributed by atoms with Gasteiger partial charge in [-0.1, -0.05) is 6.92 Å². The number of nitrogens with zero attached hydrogens (tertiary/aromatic N) is 2. The number of aromatic nitrogens is 1. The van der Waals surface area contributed by atoms with Gasteiger partial charge in [0.2, 0.25) is 6.79 Å². The Morgan fingerprint density at radius 3 is 2.90 bits per heavy atom. The van der Waals surface area contributed by atoms with Crippen LogP contribution in [0.5, 0.6) is 11.5 Å². The molecule has 2 N–H and O–H groups in total. The number of anilines is 1. The van der Waals surface area contributed by atoms with E-state index in [-0.39, 0.29) is 5.41 Å². The summed E-state index contributed by atoms with van der Waals surface area (Å²) in [6.45, 7) is 5.19. The molecule has 1 fully saturated rings. The van der Waals surface area contributed by atoms with Gasteiger partial charge in [0.25, 0.3) is 0 Å². The molecule has 2 aliphatic rings. The molecule has 0 spiro atoms. The summed E-state index contributed by atoms with van der Waals surface area (Å²) < 4.78 is 10.9. The van der Waals surface area contributed by atoms with E-state index in [1.54, 1.807) is 0 Å². The minimum absolute atomic E-state index is 0.181. The molecular weight excluding hydrogens is 266 g/mol. The number of hydrogen-bond donors (Lipinski definition) is 1. The van der Waals surface area contributed by atoms with Gasteiger partial charge in [0.05, 0.1) is 0 Å². The fraction of sp³-hybridized carbons (Fsp3) is 0.438. The van der Waals surface area contributed by atoms with E-state index >= 15 is 0 Å². The Morgan fingerprint density at radius 2 is 2.14 bits per heavy atom. The van der Waals surface area contributed by atoms with E-state index in [9.17, 15) is 0 Å². The maximum absolute atomic E-state index is 5.91. The van der Waals surface area contributed by atoms with Crippen LogP contribution in [0.2, 0.25) is 0 Å². The third-order valence-electron chi connectivity index (χ3n) is 4.59. The van der Waals surface area contributed by atoms with Gasteiger partial charge < -0.3 is 20.1 Å². The van der Waals surface area contributed by atoms with Gasteiger partial charge in [0.15, 0.2) is 11.5 Å². The molecule has 4 rings (SSSR count). The first-order chi connectivity index (χ1) is 10.2. The van der Waals surface area contributed by atoms with Crippen LogP contribution in [-0.2, 0) is 0 Å². The molecule has 0 saturated carbocycles. The van der Waals surface area contributed by atoms with Crippen LogP contribution >= 0.6 is 0 Å². The van der Waals surface area contributed by atoms with Crippen LogP contribution in [0.1, 0.15) is 13.3 Å². The third-order valence-corrected chi connectivity index (χ3v) is 4.59. The van der Waals surface area contributed by atoms with E-state index in [0.717, 1.165) is 47.6 Å². The van der Waals surface area contributed by atoms with Crippen molar-refractivity contribution in [1.29, 1.82) is 0 Å². The van der Waals surface area contributed by atoms with Crippen molar-refractivity contribution in [2.75, 3.05) is 31.3 Å². The minimum atomic E-state index is 0.181. The highest BCUT2D eigenvalue weighted by molar-refractivity contribution is 5.94. The summed E-state index contributed by atoms with van der Waals surface area (Å²) in [6, 6.07) is 6.08. The lowest BCUT2D eigenvalue weighted by Gasteiger charge is -2.24. The molecule has 1 aromatic carbocycles. The van der Waals surface area contributed by atoms with Crippen LogP contribution in [-0.4, -0.2) is 31.4 Å². The average Bonchev–Trinajstić information content (AvgIpc) is 3.11. The lowest BCUT2D eigenvalue weighted by molar-refractivity contribution is 0.174. The minimum Gasteiger partial charge on any atom is -0.454 e. The Kier molecular flexibility index (Phi) is 2.72.